The fourth-order valence-corrected chi connectivity index (χ4v) is 5.77. The molecule has 3 nitrogen and oxygen atoms in total. The highest BCUT2D eigenvalue weighted by atomic mass is 15.0. The molecular weight excluding hydrogens is 438 g/mol. The first-order valence-electron chi connectivity index (χ1n) is 12.2. The van der Waals surface area contributed by atoms with E-state index in [1.54, 1.807) is 0 Å². The molecule has 0 fully saturated rings. The van der Waals surface area contributed by atoms with Crippen molar-refractivity contribution in [3.8, 4) is 11.4 Å². The average Bonchev–Trinajstić information content (AvgIpc) is 3.51. The highest BCUT2D eigenvalue weighted by molar-refractivity contribution is 6.18. The number of fused-ring (bicyclic) bond motifs is 7. The zero-order valence-electron chi connectivity index (χ0n) is 19.5. The van der Waals surface area contributed by atoms with Gasteiger partial charge in [0.15, 0.2) is 0 Å². The molecule has 0 saturated heterocycles. The molecule has 3 aromatic heterocycles. The average molecular weight is 460 g/mol. The highest BCUT2D eigenvalue weighted by Gasteiger charge is 2.16. The predicted molar refractivity (Wildman–Crippen MR) is 150 cm³/mol. The largest absolute Gasteiger partial charge is 0.317 e. The Morgan fingerprint density at radius 3 is 2.17 bits per heavy atom. The molecule has 0 atom stereocenters. The summed E-state index contributed by atoms with van der Waals surface area (Å²) >= 11 is 0. The Bertz CT molecular complexity index is 2090. The van der Waals surface area contributed by atoms with Crippen molar-refractivity contribution in [1.82, 2.24) is 14.1 Å². The second-order valence-corrected chi connectivity index (χ2v) is 9.34. The standard InChI is InChI=1S/C33H21N3/c1-2-9-24(10-3-1)35-17-16-27-28-19-32-29(18-22(28)14-15-30(27)35)26-12-6-7-13-31(26)36(32)33-21-34-20-23-8-4-5-11-25(23)33/h1-21H. The smallest absolute Gasteiger partial charge is 0.0723 e. The first kappa shape index (κ1) is 19.4. The van der Waals surface area contributed by atoms with Crippen LogP contribution >= 0.6 is 0 Å². The van der Waals surface area contributed by atoms with Gasteiger partial charge in [0.05, 0.1) is 28.4 Å². The molecule has 0 aliphatic carbocycles. The lowest BCUT2D eigenvalue weighted by Gasteiger charge is -2.11. The normalized spacial score (nSPS) is 11.9. The number of hydrogen-bond acceptors (Lipinski definition) is 1. The Hall–Kier alpha value is -4.89. The quantitative estimate of drug-likeness (QED) is 0.254. The van der Waals surface area contributed by atoms with E-state index in [0.29, 0.717) is 0 Å². The maximum absolute atomic E-state index is 4.61. The first-order chi connectivity index (χ1) is 17.9. The van der Waals surface area contributed by atoms with Crippen LogP contribution in [0.4, 0.5) is 0 Å². The molecule has 36 heavy (non-hydrogen) atoms. The number of rotatable bonds is 2. The molecule has 168 valence electrons. The van der Waals surface area contributed by atoms with E-state index in [9.17, 15) is 0 Å². The molecule has 0 saturated carbocycles. The molecule has 0 bridgehead atoms. The predicted octanol–water partition coefficient (Wildman–Crippen LogP) is 8.43. The molecule has 0 aliphatic rings. The third-order valence-electron chi connectivity index (χ3n) is 7.40. The van der Waals surface area contributed by atoms with Gasteiger partial charge in [-0.05, 0) is 53.2 Å². The van der Waals surface area contributed by atoms with Crippen LogP contribution in [0.25, 0.3) is 65.6 Å². The van der Waals surface area contributed by atoms with Gasteiger partial charge < -0.3 is 9.13 Å². The van der Waals surface area contributed by atoms with Crippen LogP contribution in [0.15, 0.2) is 128 Å². The van der Waals surface area contributed by atoms with E-state index in [1.165, 1.54) is 54.6 Å². The summed E-state index contributed by atoms with van der Waals surface area (Å²) in [5.41, 5.74) is 5.87. The van der Waals surface area contributed by atoms with Gasteiger partial charge in [-0.3, -0.25) is 4.98 Å². The van der Waals surface area contributed by atoms with E-state index >= 15 is 0 Å². The van der Waals surface area contributed by atoms with Crippen molar-refractivity contribution < 1.29 is 0 Å². The molecule has 0 aliphatic heterocycles. The third kappa shape index (κ3) is 2.65. The number of aromatic nitrogens is 3. The minimum Gasteiger partial charge on any atom is -0.317 e. The van der Waals surface area contributed by atoms with E-state index < -0.39 is 0 Å². The second-order valence-electron chi connectivity index (χ2n) is 9.34. The van der Waals surface area contributed by atoms with Crippen LogP contribution in [-0.4, -0.2) is 14.1 Å². The topological polar surface area (TPSA) is 22.8 Å². The van der Waals surface area contributed by atoms with E-state index in [1.807, 2.05) is 12.4 Å². The molecule has 3 heteroatoms. The second kappa shape index (κ2) is 7.30. The maximum atomic E-state index is 4.61. The molecule has 0 spiro atoms. The molecule has 0 unspecified atom stereocenters. The molecule has 0 amide bonds. The molecule has 8 aromatic rings. The van der Waals surface area contributed by atoms with Crippen LogP contribution in [0.2, 0.25) is 0 Å². The molecule has 8 rings (SSSR count). The number of pyridine rings is 1. The zero-order chi connectivity index (χ0) is 23.6. The summed E-state index contributed by atoms with van der Waals surface area (Å²) < 4.78 is 4.65. The highest BCUT2D eigenvalue weighted by Crippen LogP contribution is 2.38. The summed E-state index contributed by atoms with van der Waals surface area (Å²) in [6.07, 6.45) is 6.11. The monoisotopic (exact) mass is 459 g/mol. The lowest BCUT2D eigenvalue weighted by Crippen LogP contribution is -1.96. The number of hydrogen-bond donors (Lipinski definition) is 0. The van der Waals surface area contributed by atoms with E-state index in [0.717, 1.165) is 11.1 Å². The lowest BCUT2D eigenvalue weighted by atomic mass is 10.0. The van der Waals surface area contributed by atoms with Gasteiger partial charge in [0.25, 0.3) is 0 Å². The van der Waals surface area contributed by atoms with Crippen LogP contribution in [0.3, 0.4) is 0 Å². The van der Waals surface area contributed by atoms with Crippen molar-refractivity contribution in [2.45, 2.75) is 0 Å². The number of benzene rings is 5. The maximum Gasteiger partial charge on any atom is 0.0723 e. The molecule has 0 radical (unpaired) electrons. The Labute approximate surface area is 207 Å². The fraction of sp³-hybridized carbons (Fsp3) is 0. The van der Waals surface area contributed by atoms with Crippen LogP contribution in [0, 0.1) is 0 Å². The van der Waals surface area contributed by atoms with Gasteiger partial charge in [0.1, 0.15) is 0 Å². The van der Waals surface area contributed by atoms with Crippen molar-refractivity contribution in [3.63, 3.8) is 0 Å². The van der Waals surface area contributed by atoms with Crippen molar-refractivity contribution >= 4 is 54.3 Å². The van der Waals surface area contributed by atoms with Crippen molar-refractivity contribution in [2.75, 3.05) is 0 Å². The van der Waals surface area contributed by atoms with Crippen LogP contribution in [0.1, 0.15) is 0 Å². The van der Waals surface area contributed by atoms with Crippen molar-refractivity contribution in [3.05, 3.63) is 128 Å². The number of nitrogens with zero attached hydrogens (tertiary/aromatic N) is 3. The SMILES string of the molecule is c1ccc(-n2ccc3c4cc5c(cc4ccc32)c2ccccc2n5-c2cncc3ccccc23)cc1. The molecule has 3 heterocycles. The Morgan fingerprint density at radius 2 is 1.25 bits per heavy atom. The first-order valence-corrected chi connectivity index (χ1v) is 12.2. The molecule has 0 N–H and O–H groups in total. The van der Waals surface area contributed by atoms with E-state index in [-0.39, 0.29) is 0 Å². The Morgan fingerprint density at radius 1 is 0.472 bits per heavy atom. The van der Waals surface area contributed by atoms with Crippen LogP contribution < -0.4 is 0 Å². The lowest BCUT2D eigenvalue weighted by molar-refractivity contribution is 1.13. The third-order valence-corrected chi connectivity index (χ3v) is 7.40. The Kier molecular flexibility index (Phi) is 3.94. The van der Waals surface area contributed by atoms with E-state index in [4.69, 9.17) is 0 Å². The van der Waals surface area contributed by atoms with Crippen LogP contribution in [0.5, 0.6) is 0 Å². The summed E-state index contributed by atoms with van der Waals surface area (Å²) in [4.78, 5) is 4.61. The van der Waals surface area contributed by atoms with E-state index in [2.05, 4.69) is 130 Å². The van der Waals surface area contributed by atoms with Gasteiger partial charge in [-0.25, -0.2) is 0 Å². The van der Waals surface area contributed by atoms with Gasteiger partial charge in [-0.15, -0.1) is 0 Å². The van der Waals surface area contributed by atoms with Gasteiger partial charge >= 0.3 is 0 Å². The summed E-state index contributed by atoms with van der Waals surface area (Å²) in [7, 11) is 0. The minimum absolute atomic E-state index is 1.10. The zero-order valence-corrected chi connectivity index (χ0v) is 19.5. The van der Waals surface area contributed by atoms with Crippen LogP contribution in [-0.2, 0) is 0 Å². The molecule has 5 aromatic carbocycles. The van der Waals surface area contributed by atoms with Gasteiger partial charge in [0, 0.05) is 45.0 Å². The van der Waals surface area contributed by atoms with Gasteiger partial charge in [0.2, 0.25) is 0 Å². The Balaban J connectivity index is 1.51. The molecular formula is C33H21N3. The van der Waals surface area contributed by atoms with Crippen molar-refractivity contribution in [2.24, 2.45) is 0 Å². The summed E-state index contributed by atoms with van der Waals surface area (Å²) in [5, 5.41) is 8.61. The van der Waals surface area contributed by atoms with Gasteiger partial charge in [-0.1, -0.05) is 66.7 Å². The summed E-state index contributed by atoms with van der Waals surface area (Å²) in [6.45, 7) is 0. The minimum atomic E-state index is 1.10. The fourth-order valence-electron chi connectivity index (χ4n) is 5.77. The summed E-state index contributed by atoms with van der Waals surface area (Å²) in [6, 6.07) is 39.1. The van der Waals surface area contributed by atoms with Crippen molar-refractivity contribution in [1.29, 1.82) is 0 Å². The number of para-hydroxylation sites is 2. The van der Waals surface area contributed by atoms with Gasteiger partial charge in [-0.2, -0.15) is 0 Å². The summed E-state index contributed by atoms with van der Waals surface area (Å²) in [5.74, 6) is 0.